The molecule has 0 radical (unpaired) electrons. The second-order valence-electron chi connectivity index (χ2n) is 4.28. The molecule has 3 nitrogen and oxygen atoms in total. The molecule has 0 heterocycles. The Bertz CT molecular complexity index is 163. The van der Waals surface area contributed by atoms with Crippen LogP contribution >= 0.6 is 11.8 Å². The van der Waals surface area contributed by atoms with E-state index in [2.05, 4.69) is 21.1 Å². The van der Waals surface area contributed by atoms with E-state index >= 15 is 0 Å². The van der Waals surface area contributed by atoms with Crippen molar-refractivity contribution in [2.75, 3.05) is 34.3 Å². The van der Waals surface area contributed by atoms with E-state index < -0.39 is 0 Å². The summed E-state index contributed by atoms with van der Waals surface area (Å²) in [5.41, 5.74) is 0. The van der Waals surface area contributed by atoms with Crippen LogP contribution in [0.1, 0.15) is 13.8 Å². The monoisotopic (exact) mass is 206 g/mol. The van der Waals surface area contributed by atoms with Gasteiger partial charge in [0.25, 0.3) is 0 Å². The molecule has 0 atom stereocenters. The number of carbonyl (C=O) groups excluding carboxylic acids is 1. The van der Waals surface area contributed by atoms with Crippen molar-refractivity contribution in [1.82, 2.24) is 0 Å². The number of hydrogen-bond donors (Lipinski definition) is 0. The van der Waals surface area contributed by atoms with Crippen molar-refractivity contribution >= 4 is 17.1 Å². The Kier molecular flexibility index (Phi) is 5.40. The zero-order chi connectivity index (χ0) is 10.5. The van der Waals surface area contributed by atoms with Gasteiger partial charge in [0.2, 0.25) is 0 Å². The van der Waals surface area contributed by atoms with E-state index in [1.54, 1.807) is 0 Å². The topological polar surface area (TPSA) is 26.3 Å². The molecule has 0 saturated carbocycles. The van der Waals surface area contributed by atoms with E-state index in [4.69, 9.17) is 4.74 Å². The zero-order valence-electron chi connectivity index (χ0n) is 9.16. The molecule has 13 heavy (non-hydrogen) atoms. The van der Waals surface area contributed by atoms with Crippen molar-refractivity contribution in [3.63, 3.8) is 0 Å². The van der Waals surface area contributed by atoms with Crippen LogP contribution in [0, 0.1) is 0 Å². The highest BCUT2D eigenvalue weighted by Gasteiger charge is 2.10. The van der Waals surface area contributed by atoms with E-state index in [9.17, 15) is 4.79 Å². The molecule has 0 rings (SSSR count). The molecule has 0 fully saturated rings. The summed E-state index contributed by atoms with van der Waals surface area (Å²) >= 11 is 1.24. The maximum absolute atomic E-state index is 11.1. The van der Waals surface area contributed by atoms with Gasteiger partial charge in [0.1, 0.15) is 13.2 Å². The number of likely N-dealkylation sites (N-methyl/N-ethyl adjacent to an activating group) is 1. The number of rotatable bonds is 4. The van der Waals surface area contributed by atoms with E-state index in [-0.39, 0.29) is 5.30 Å². The third kappa shape index (κ3) is 9.70. The van der Waals surface area contributed by atoms with Gasteiger partial charge in [0, 0.05) is 5.25 Å². The molecule has 78 valence electrons. The first-order chi connectivity index (χ1) is 5.81. The summed E-state index contributed by atoms with van der Waals surface area (Å²) in [5.74, 6) is 0. The Morgan fingerprint density at radius 1 is 1.38 bits per heavy atom. The van der Waals surface area contributed by atoms with Crippen LogP contribution in [0.5, 0.6) is 0 Å². The lowest BCUT2D eigenvalue weighted by Gasteiger charge is -2.23. The van der Waals surface area contributed by atoms with Crippen LogP contribution in [-0.2, 0) is 4.74 Å². The lowest BCUT2D eigenvalue weighted by Crippen LogP contribution is -2.37. The summed E-state index contributed by atoms with van der Waals surface area (Å²) in [7, 11) is 6.22. The summed E-state index contributed by atoms with van der Waals surface area (Å²) in [6.07, 6.45) is 0. The van der Waals surface area contributed by atoms with Gasteiger partial charge < -0.3 is 9.22 Å². The quantitative estimate of drug-likeness (QED) is 0.519. The summed E-state index contributed by atoms with van der Waals surface area (Å²) in [5, 5.41) is 0.139. The number of carbonyl (C=O) groups is 1. The van der Waals surface area contributed by atoms with Crippen LogP contribution in [0.25, 0.3) is 0 Å². The summed E-state index contributed by atoms with van der Waals surface area (Å²) in [4.78, 5) is 11.1. The van der Waals surface area contributed by atoms with E-state index in [1.165, 1.54) is 11.8 Å². The molecule has 0 aromatic heterocycles. The highest BCUT2D eigenvalue weighted by Crippen LogP contribution is 2.12. The van der Waals surface area contributed by atoms with Gasteiger partial charge >= 0.3 is 5.30 Å². The van der Waals surface area contributed by atoms with Crippen molar-refractivity contribution < 1.29 is 14.0 Å². The van der Waals surface area contributed by atoms with E-state index in [1.807, 2.05) is 13.8 Å². The molecule has 0 unspecified atom stereocenters. The van der Waals surface area contributed by atoms with Crippen LogP contribution in [0.2, 0.25) is 0 Å². The molecule has 0 aliphatic carbocycles. The molecule has 0 aromatic rings. The second-order valence-corrected chi connectivity index (χ2v) is 5.79. The van der Waals surface area contributed by atoms with Gasteiger partial charge in [-0.15, -0.1) is 0 Å². The molecule has 0 amide bonds. The van der Waals surface area contributed by atoms with Crippen LogP contribution in [0.3, 0.4) is 0 Å². The predicted molar refractivity (Wildman–Crippen MR) is 57.0 cm³/mol. The minimum Gasteiger partial charge on any atom is -0.452 e. The minimum atomic E-state index is -0.163. The fourth-order valence-corrected chi connectivity index (χ4v) is 1.17. The molecule has 4 heteroatoms. The highest BCUT2D eigenvalue weighted by molar-refractivity contribution is 8.13. The number of nitrogens with zero attached hydrogens (tertiary/aromatic N) is 1. The van der Waals surface area contributed by atoms with Crippen molar-refractivity contribution in [2.45, 2.75) is 19.1 Å². The fourth-order valence-electron chi connectivity index (χ4n) is 0.629. The minimum absolute atomic E-state index is 0.163. The van der Waals surface area contributed by atoms with E-state index in [0.29, 0.717) is 11.9 Å². The van der Waals surface area contributed by atoms with Crippen LogP contribution in [0.15, 0.2) is 0 Å². The first-order valence-corrected chi connectivity index (χ1v) is 5.33. The lowest BCUT2D eigenvalue weighted by atomic mass is 10.5. The van der Waals surface area contributed by atoms with Gasteiger partial charge in [0.05, 0.1) is 21.1 Å². The van der Waals surface area contributed by atoms with Crippen molar-refractivity contribution in [1.29, 1.82) is 0 Å². The number of ether oxygens (including phenoxy) is 1. The third-order valence-corrected chi connectivity index (χ3v) is 2.10. The average molecular weight is 206 g/mol. The average Bonchev–Trinajstić information content (AvgIpc) is 1.81. The molecule has 0 aliphatic heterocycles. The summed E-state index contributed by atoms with van der Waals surface area (Å²) < 4.78 is 5.86. The van der Waals surface area contributed by atoms with Gasteiger partial charge in [-0.1, -0.05) is 13.8 Å². The molecule has 0 N–H and O–H groups in total. The van der Waals surface area contributed by atoms with Crippen LogP contribution in [-0.4, -0.2) is 49.3 Å². The summed E-state index contributed by atoms with van der Waals surface area (Å²) in [6.45, 7) is 5.31. The van der Waals surface area contributed by atoms with E-state index in [0.717, 1.165) is 11.0 Å². The fraction of sp³-hybridized carbons (Fsp3) is 0.889. The predicted octanol–water partition coefficient (Wildman–Crippen LogP) is 1.97. The van der Waals surface area contributed by atoms with Crippen LogP contribution in [0.4, 0.5) is 4.79 Å². The third-order valence-electron chi connectivity index (χ3n) is 1.31. The Hall–Kier alpha value is -0.220. The Morgan fingerprint density at radius 2 is 1.92 bits per heavy atom. The maximum Gasteiger partial charge on any atom is 0.367 e. The Morgan fingerprint density at radius 3 is 2.31 bits per heavy atom. The van der Waals surface area contributed by atoms with Crippen molar-refractivity contribution in [3.05, 3.63) is 0 Å². The van der Waals surface area contributed by atoms with Crippen molar-refractivity contribution in [2.24, 2.45) is 0 Å². The lowest BCUT2D eigenvalue weighted by molar-refractivity contribution is -0.870. The van der Waals surface area contributed by atoms with Gasteiger partial charge in [-0.25, -0.2) is 4.79 Å². The Labute approximate surface area is 85.0 Å². The molecule has 0 spiro atoms. The smallest absolute Gasteiger partial charge is 0.367 e. The molecular weight excluding hydrogens is 186 g/mol. The van der Waals surface area contributed by atoms with Gasteiger partial charge in [-0.2, -0.15) is 0 Å². The highest BCUT2D eigenvalue weighted by atomic mass is 32.2. The number of thioether (sulfide) groups is 1. The zero-order valence-corrected chi connectivity index (χ0v) is 9.98. The summed E-state index contributed by atoms with van der Waals surface area (Å²) in [6, 6.07) is 0. The SMILES string of the molecule is CC(C)SC(=O)OCC[N+](C)(C)C. The number of quaternary nitrogens is 1. The first-order valence-electron chi connectivity index (χ1n) is 4.45. The van der Waals surface area contributed by atoms with Gasteiger partial charge in [-0.3, -0.25) is 0 Å². The van der Waals surface area contributed by atoms with Gasteiger partial charge in [0.15, 0.2) is 0 Å². The Balaban J connectivity index is 3.49. The normalized spacial score (nSPS) is 11.8. The molecule has 0 saturated heterocycles. The molecule has 0 bridgehead atoms. The molecule has 0 aromatic carbocycles. The maximum atomic E-state index is 11.1. The standard InChI is InChI=1S/C9H20NO2S/c1-8(2)13-9(11)12-7-6-10(3,4)5/h8H,6-7H2,1-5H3/q+1. The van der Waals surface area contributed by atoms with Crippen molar-refractivity contribution in [3.8, 4) is 0 Å². The van der Waals surface area contributed by atoms with Crippen LogP contribution < -0.4 is 0 Å². The largest absolute Gasteiger partial charge is 0.452 e. The molecular formula is C9H20NO2S+. The van der Waals surface area contributed by atoms with Gasteiger partial charge in [-0.05, 0) is 11.8 Å². The number of hydrogen-bond acceptors (Lipinski definition) is 3. The first kappa shape index (κ1) is 12.8. The second kappa shape index (κ2) is 5.50. The molecule has 0 aliphatic rings.